The van der Waals surface area contributed by atoms with Crippen LogP contribution in [0.3, 0.4) is 0 Å². The van der Waals surface area contributed by atoms with Crippen LogP contribution in [0.25, 0.3) is 0 Å². The molecule has 2 fully saturated rings. The first kappa shape index (κ1) is 14.5. The van der Waals surface area contributed by atoms with E-state index < -0.39 is 5.97 Å². The summed E-state index contributed by atoms with van der Waals surface area (Å²) in [5.41, 5.74) is 4.03. The first-order valence-electron chi connectivity index (χ1n) is 9.20. The molecule has 4 nitrogen and oxygen atoms in total. The van der Waals surface area contributed by atoms with Gasteiger partial charge in [-0.05, 0) is 62.2 Å². The van der Waals surface area contributed by atoms with Crippen molar-refractivity contribution in [3.8, 4) is 0 Å². The van der Waals surface area contributed by atoms with E-state index >= 15 is 0 Å². The molecule has 0 aromatic heterocycles. The van der Waals surface area contributed by atoms with Gasteiger partial charge in [0.1, 0.15) is 0 Å². The summed E-state index contributed by atoms with van der Waals surface area (Å²) < 4.78 is 0. The fraction of sp³-hybridized carbons (Fsp3) is 0.550. The highest BCUT2D eigenvalue weighted by molar-refractivity contribution is 5.91. The number of hydrogen-bond acceptors (Lipinski definition) is 3. The summed E-state index contributed by atoms with van der Waals surface area (Å²) in [6.45, 7) is 4.50. The number of nitrogens with zero attached hydrogens (tertiary/aromatic N) is 1. The van der Waals surface area contributed by atoms with Gasteiger partial charge in [0.15, 0.2) is 0 Å². The Kier molecular flexibility index (Phi) is 2.80. The Morgan fingerprint density at radius 2 is 2.17 bits per heavy atom. The first-order valence-corrected chi connectivity index (χ1v) is 9.20. The maximum Gasteiger partial charge on any atom is 0.333 e. The first-order chi connectivity index (χ1) is 11.6. The van der Waals surface area contributed by atoms with Gasteiger partial charge in [-0.2, -0.15) is 0 Å². The molecule has 4 heteroatoms. The lowest BCUT2D eigenvalue weighted by atomic mass is 9.53. The molecule has 3 heterocycles. The zero-order valence-corrected chi connectivity index (χ0v) is 14.1. The van der Waals surface area contributed by atoms with Crippen LogP contribution in [0.5, 0.6) is 0 Å². The van der Waals surface area contributed by atoms with Gasteiger partial charge in [-0.1, -0.05) is 25.1 Å². The van der Waals surface area contributed by atoms with E-state index in [2.05, 4.69) is 35.3 Å². The normalized spacial score (nSPS) is 36.8. The molecule has 0 bridgehead atoms. The number of carboxylic acid groups (broad SMARTS) is 1. The molecule has 5 rings (SSSR count). The smallest absolute Gasteiger partial charge is 0.333 e. The lowest BCUT2D eigenvalue weighted by molar-refractivity contribution is -0.134. The van der Waals surface area contributed by atoms with Crippen molar-refractivity contribution in [2.24, 2.45) is 5.41 Å². The van der Waals surface area contributed by atoms with E-state index in [1.165, 1.54) is 12.0 Å². The molecule has 0 saturated carbocycles. The number of piperidine rings is 1. The van der Waals surface area contributed by atoms with Crippen LogP contribution in [0.15, 0.2) is 35.5 Å². The van der Waals surface area contributed by atoms with Crippen LogP contribution in [-0.2, 0) is 10.2 Å². The van der Waals surface area contributed by atoms with Gasteiger partial charge < -0.3 is 10.4 Å². The minimum absolute atomic E-state index is 0.102. The molecular formula is C20H24N2O2. The lowest BCUT2D eigenvalue weighted by Crippen LogP contribution is -2.59. The third-order valence-electron chi connectivity index (χ3n) is 7.23. The second kappa shape index (κ2) is 4.63. The molecule has 126 valence electrons. The molecule has 3 atom stereocenters. The van der Waals surface area contributed by atoms with Gasteiger partial charge in [-0.3, -0.25) is 4.90 Å². The van der Waals surface area contributed by atoms with Gasteiger partial charge in [0.2, 0.25) is 0 Å². The van der Waals surface area contributed by atoms with Gasteiger partial charge in [0, 0.05) is 17.4 Å². The Morgan fingerprint density at radius 3 is 2.96 bits per heavy atom. The Balaban J connectivity index is 1.83. The molecule has 2 saturated heterocycles. The van der Waals surface area contributed by atoms with Crippen molar-refractivity contribution in [3.05, 3.63) is 41.1 Å². The van der Waals surface area contributed by atoms with Crippen molar-refractivity contribution >= 4 is 11.7 Å². The van der Waals surface area contributed by atoms with E-state index in [1.54, 1.807) is 0 Å². The number of nitrogens with one attached hydrogen (secondary N) is 1. The quantitative estimate of drug-likeness (QED) is 0.876. The summed E-state index contributed by atoms with van der Waals surface area (Å²) in [5, 5.41) is 13.5. The zero-order chi connectivity index (χ0) is 16.5. The van der Waals surface area contributed by atoms with Gasteiger partial charge in [-0.25, -0.2) is 4.79 Å². The molecule has 1 aliphatic carbocycles. The zero-order valence-electron chi connectivity index (χ0n) is 14.1. The summed E-state index contributed by atoms with van der Waals surface area (Å²) in [4.78, 5) is 14.8. The lowest BCUT2D eigenvalue weighted by Gasteiger charge is -2.55. The summed E-state index contributed by atoms with van der Waals surface area (Å²) >= 11 is 0. The molecular weight excluding hydrogens is 300 g/mol. The third-order valence-corrected chi connectivity index (χ3v) is 7.23. The summed E-state index contributed by atoms with van der Waals surface area (Å²) in [7, 11) is 0. The van der Waals surface area contributed by atoms with Gasteiger partial charge in [-0.15, -0.1) is 0 Å². The Hall–Kier alpha value is -1.81. The van der Waals surface area contributed by atoms with Gasteiger partial charge in [0.25, 0.3) is 0 Å². The molecule has 1 aromatic rings. The maximum atomic E-state index is 12.1. The number of hydrogen-bond donors (Lipinski definition) is 2. The molecule has 1 spiro atoms. The Labute approximate surface area is 142 Å². The number of aliphatic carboxylic acids is 1. The fourth-order valence-corrected chi connectivity index (χ4v) is 6.37. The van der Waals surface area contributed by atoms with E-state index in [-0.39, 0.29) is 10.8 Å². The Bertz CT molecular complexity index is 771. The average molecular weight is 324 g/mol. The van der Waals surface area contributed by atoms with Crippen LogP contribution >= 0.6 is 0 Å². The predicted molar refractivity (Wildman–Crippen MR) is 93.0 cm³/mol. The van der Waals surface area contributed by atoms with Crippen molar-refractivity contribution in [2.75, 3.05) is 18.4 Å². The van der Waals surface area contributed by atoms with E-state index in [4.69, 9.17) is 0 Å². The van der Waals surface area contributed by atoms with E-state index in [0.717, 1.165) is 43.7 Å². The number of carbonyl (C=O) groups is 1. The molecule has 1 aromatic carbocycles. The summed E-state index contributed by atoms with van der Waals surface area (Å²) in [5.74, 6) is -0.736. The minimum atomic E-state index is -0.736. The SMILES string of the molecule is CC[C@]12CCCN3CC[C@@]4(C(=C(C(=O)O)C1)Nc1ccccc14)[C@@H]32. The number of anilines is 1. The monoisotopic (exact) mass is 324 g/mol. The number of benzene rings is 1. The number of carboxylic acids is 1. The van der Waals surface area contributed by atoms with E-state index in [0.29, 0.717) is 18.0 Å². The predicted octanol–water partition coefficient (Wildman–Crippen LogP) is 3.36. The molecule has 0 amide bonds. The molecule has 4 aliphatic rings. The topological polar surface area (TPSA) is 52.6 Å². The van der Waals surface area contributed by atoms with Crippen molar-refractivity contribution < 1.29 is 9.90 Å². The summed E-state index contributed by atoms with van der Waals surface area (Å²) in [6, 6.07) is 8.92. The van der Waals surface area contributed by atoms with Crippen LogP contribution in [0.1, 0.15) is 44.6 Å². The van der Waals surface area contributed by atoms with Crippen molar-refractivity contribution in [2.45, 2.75) is 50.5 Å². The Morgan fingerprint density at radius 1 is 1.33 bits per heavy atom. The van der Waals surface area contributed by atoms with Crippen LogP contribution in [0.2, 0.25) is 0 Å². The third kappa shape index (κ3) is 1.51. The molecule has 0 radical (unpaired) electrons. The largest absolute Gasteiger partial charge is 0.478 e. The fourth-order valence-electron chi connectivity index (χ4n) is 6.37. The van der Waals surface area contributed by atoms with Crippen LogP contribution in [-0.4, -0.2) is 35.1 Å². The minimum Gasteiger partial charge on any atom is -0.478 e. The second-order valence-electron chi connectivity index (χ2n) is 7.99. The standard InChI is InChI=1S/C20H24N2O2/c1-2-19-8-5-10-22-11-9-20(18(19)22)14-6-3-4-7-15(14)21-16(20)13(12-19)17(23)24/h3-4,6-7,18,21H,2,5,8-12H2,1H3,(H,23,24)/t18-,19-,20+/m0/s1. The van der Waals surface area contributed by atoms with Crippen LogP contribution in [0, 0.1) is 5.41 Å². The van der Waals surface area contributed by atoms with Crippen molar-refractivity contribution in [3.63, 3.8) is 0 Å². The molecule has 3 aliphatic heterocycles. The average Bonchev–Trinajstić information content (AvgIpc) is 3.15. The number of fused-ring (bicyclic) bond motifs is 1. The summed E-state index contributed by atoms with van der Waals surface area (Å²) in [6.07, 6.45) is 5.14. The van der Waals surface area contributed by atoms with Crippen LogP contribution < -0.4 is 5.32 Å². The highest BCUT2D eigenvalue weighted by atomic mass is 16.4. The van der Waals surface area contributed by atoms with Crippen molar-refractivity contribution in [1.82, 2.24) is 4.90 Å². The molecule has 24 heavy (non-hydrogen) atoms. The van der Waals surface area contributed by atoms with Gasteiger partial charge >= 0.3 is 5.97 Å². The highest BCUT2D eigenvalue weighted by Crippen LogP contribution is 2.65. The number of rotatable bonds is 2. The maximum absolute atomic E-state index is 12.1. The molecule has 2 N–H and O–H groups in total. The van der Waals surface area contributed by atoms with Gasteiger partial charge in [0.05, 0.1) is 11.0 Å². The highest BCUT2D eigenvalue weighted by Gasteiger charge is 2.65. The second-order valence-corrected chi connectivity index (χ2v) is 7.99. The number of para-hydroxylation sites is 1. The van der Waals surface area contributed by atoms with E-state index in [9.17, 15) is 9.90 Å². The van der Waals surface area contributed by atoms with Crippen molar-refractivity contribution in [1.29, 1.82) is 0 Å². The van der Waals surface area contributed by atoms with E-state index in [1.807, 2.05) is 6.07 Å². The molecule has 0 unspecified atom stereocenters. The van der Waals surface area contributed by atoms with Crippen LogP contribution in [0.4, 0.5) is 5.69 Å².